The summed E-state index contributed by atoms with van der Waals surface area (Å²) >= 11 is 5.29. The van der Waals surface area contributed by atoms with Gasteiger partial charge in [-0.1, -0.05) is 12.1 Å². The van der Waals surface area contributed by atoms with Crippen LogP contribution in [0.2, 0.25) is 0 Å². The Morgan fingerprint density at radius 1 is 1.29 bits per heavy atom. The number of rotatable bonds is 4. The predicted molar refractivity (Wildman–Crippen MR) is 56.3 cm³/mol. The van der Waals surface area contributed by atoms with E-state index in [-0.39, 0.29) is 11.0 Å². The molecular formula is C9H11ClO3S. The van der Waals surface area contributed by atoms with E-state index in [0.29, 0.717) is 11.3 Å². The van der Waals surface area contributed by atoms with Crippen molar-refractivity contribution < 1.29 is 13.2 Å². The molecule has 0 atom stereocenters. The highest BCUT2D eigenvalue weighted by atomic mass is 35.5. The lowest BCUT2D eigenvalue weighted by Gasteiger charge is -2.02. The molecule has 0 aliphatic carbocycles. The number of alkyl halides is 1. The maximum Gasteiger partial charge on any atom is 0.168 e. The Morgan fingerprint density at radius 3 is 2.29 bits per heavy atom. The van der Waals surface area contributed by atoms with Crippen LogP contribution in [0.4, 0.5) is 0 Å². The van der Waals surface area contributed by atoms with E-state index in [1.54, 1.807) is 31.4 Å². The standard InChI is InChI=1S/C9H11ClO3S/c1-13-9-4-2-8(3-5-9)6-14(11,12)7-10/h2-5H,6-7H2,1H3. The fraction of sp³-hybridized carbons (Fsp3) is 0.333. The lowest BCUT2D eigenvalue weighted by molar-refractivity contribution is 0.414. The van der Waals surface area contributed by atoms with Gasteiger partial charge in [-0.3, -0.25) is 0 Å². The molecule has 0 radical (unpaired) electrons. The van der Waals surface area contributed by atoms with Gasteiger partial charge in [0.15, 0.2) is 9.84 Å². The maximum atomic E-state index is 11.2. The fourth-order valence-corrected chi connectivity index (χ4v) is 2.02. The first kappa shape index (κ1) is 11.3. The van der Waals surface area contributed by atoms with Crippen molar-refractivity contribution >= 4 is 21.4 Å². The molecule has 0 spiro atoms. The van der Waals surface area contributed by atoms with Crippen molar-refractivity contribution in [2.45, 2.75) is 5.75 Å². The first-order valence-electron chi connectivity index (χ1n) is 3.97. The monoisotopic (exact) mass is 234 g/mol. The quantitative estimate of drug-likeness (QED) is 0.747. The summed E-state index contributed by atoms with van der Waals surface area (Å²) < 4.78 is 27.3. The van der Waals surface area contributed by atoms with Crippen LogP contribution in [0.25, 0.3) is 0 Å². The minimum Gasteiger partial charge on any atom is -0.497 e. The van der Waals surface area contributed by atoms with Crippen molar-refractivity contribution in [3.63, 3.8) is 0 Å². The van der Waals surface area contributed by atoms with Gasteiger partial charge in [0.05, 0.1) is 12.9 Å². The Hall–Kier alpha value is -0.740. The molecule has 78 valence electrons. The Balaban J connectivity index is 2.79. The van der Waals surface area contributed by atoms with Crippen molar-refractivity contribution in [1.29, 1.82) is 0 Å². The molecule has 0 bridgehead atoms. The van der Waals surface area contributed by atoms with Crippen LogP contribution >= 0.6 is 11.6 Å². The molecule has 1 rings (SSSR count). The molecule has 0 aliphatic rings. The molecule has 3 nitrogen and oxygen atoms in total. The molecule has 0 fully saturated rings. The van der Waals surface area contributed by atoms with Crippen molar-refractivity contribution in [2.24, 2.45) is 0 Å². The van der Waals surface area contributed by atoms with Gasteiger partial charge in [-0.15, -0.1) is 11.6 Å². The number of hydrogen-bond acceptors (Lipinski definition) is 3. The lowest BCUT2D eigenvalue weighted by atomic mass is 10.2. The van der Waals surface area contributed by atoms with Gasteiger partial charge in [-0.25, -0.2) is 8.42 Å². The smallest absolute Gasteiger partial charge is 0.168 e. The second kappa shape index (κ2) is 4.66. The van der Waals surface area contributed by atoms with Crippen LogP contribution in [0.1, 0.15) is 5.56 Å². The zero-order valence-electron chi connectivity index (χ0n) is 7.73. The zero-order chi connectivity index (χ0) is 10.6. The summed E-state index contributed by atoms with van der Waals surface area (Å²) in [5.41, 5.74) is 0.714. The number of benzene rings is 1. The average molecular weight is 235 g/mol. The third-order valence-electron chi connectivity index (χ3n) is 1.71. The van der Waals surface area contributed by atoms with Crippen LogP contribution in [-0.4, -0.2) is 20.7 Å². The third kappa shape index (κ3) is 3.20. The fourth-order valence-electron chi connectivity index (χ4n) is 1.01. The normalized spacial score (nSPS) is 11.3. The van der Waals surface area contributed by atoms with Crippen LogP contribution < -0.4 is 4.74 Å². The van der Waals surface area contributed by atoms with Gasteiger partial charge in [0.2, 0.25) is 0 Å². The van der Waals surface area contributed by atoms with E-state index in [9.17, 15) is 8.42 Å². The Kier molecular flexibility index (Phi) is 3.77. The van der Waals surface area contributed by atoms with Crippen molar-refractivity contribution in [3.8, 4) is 5.75 Å². The number of sulfone groups is 1. The Labute approximate surface area is 88.6 Å². The van der Waals surface area contributed by atoms with Crippen LogP contribution in [-0.2, 0) is 15.6 Å². The third-order valence-corrected chi connectivity index (χ3v) is 3.81. The summed E-state index contributed by atoms with van der Waals surface area (Å²) in [6.07, 6.45) is 0. The molecule has 0 saturated carbocycles. The summed E-state index contributed by atoms with van der Waals surface area (Å²) in [7, 11) is -1.61. The van der Waals surface area contributed by atoms with Crippen molar-refractivity contribution in [1.82, 2.24) is 0 Å². The van der Waals surface area contributed by atoms with Gasteiger partial charge in [0.1, 0.15) is 11.0 Å². The first-order valence-corrected chi connectivity index (χ1v) is 6.32. The van der Waals surface area contributed by atoms with Gasteiger partial charge >= 0.3 is 0 Å². The zero-order valence-corrected chi connectivity index (χ0v) is 9.31. The van der Waals surface area contributed by atoms with E-state index in [2.05, 4.69) is 0 Å². The molecule has 14 heavy (non-hydrogen) atoms. The van der Waals surface area contributed by atoms with E-state index in [1.165, 1.54) is 0 Å². The Morgan fingerprint density at radius 2 is 1.86 bits per heavy atom. The van der Waals surface area contributed by atoms with E-state index in [1.807, 2.05) is 0 Å². The van der Waals surface area contributed by atoms with Gasteiger partial charge in [0.25, 0.3) is 0 Å². The largest absolute Gasteiger partial charge is 0.497 e. The molecule has 0 aliphatic heterocycles. The molecule has 5 heteroatoms. The molecule has 1 aromatic rings. The van der Waals surface area contributed by atoms with E-state index in [0.717, 1.165) is 0 Å². The van der Waals surface area contributed by atoms with Gasteiger partial charge in [-0.2, -0.15) is 0 Å². The van der Waals surface area contributed by atoms with Gasteiger partial charge < -0.3 is 4.74 Å². The summed E-state index contributed by atoms with van der Waals surface area (Å²) in [6, 6.07) is 6.87. The minimum atomic E-state index is -3.17. The highest BCUT2D eigenvalue weighted by molar-refractivity contribution is 7.91. The lowest BCUT2D eigenvalue weighted by Crippen LogP contribution is -2.04. The average Bonchev–Trinajstić information content (AvgIpc) is 2.19. The van der Waals surface area contributed by atoms with Gasteiger partial charge in [0, 0.05) is 0 Å². The van der Waals surface area contributed by atoms with E-state index < -0.39 is 9.84 Å². The molecule has 0 N–H and O–H groups in total. The highest BCUT2D eigenvalue weighted by Gasteiger charge is 2.09. The number of methoxy groups -OCH3 is 1. The highest BCUT2D eigenvalue weighted by Crippen LogP contribution is 2.14. The van der Waals surface area contributed by atoms with E-state index >= 15 is 0 Å². The number of hydrogen-bond donors (Lipinski definition) is 0. The second-order valence-corrected chi connectivity index (χ2v) is 5.49. The summed E-state index contributed by atoms with van der Waals surface area (Å²) in [5.74, 6) is 0.678. The van der Waals surface area contributed by atoms with Gasteiger partial charge in [-0.05, 0) is 17.7 Å². The molecule has 0 unspecified atom stereocenters. The number of halogens is 1. The van der Waals surface area contributed by atoms with Crippen LogP contribution in [0.15, 0.2) is 24.3 Å². The molecular weight excluding hydrogens is 224 g/mol. The summed E-state index contributed by atoms with van der Waals surface area (Å²) in [5, 5.41) is -0.348. The summed E-state index contributed by atoms with van der Waals surface area (Å²) in [4.78, 5) is 0. The molecule has 0 saturated heterocycles. The topological polar surface area (TPSA) is 43.4 Å². The van der Waals surface area contributed by atoms with Crippen LogP contribution in [0.3, 0.4) is 0 Å². The predicted octanol–water partition coefficient (Wildman–Crippen LogP) is 1.81. The SMILES string of the molecule is COc1ccc(CS(=O)(=O)CCl)cc1. The van der Waals surface area contributed by atoms with Crippen molar-refractivity contribution in [3.05, 3.63) is 29.8 Å². The molecule has 0 aromatic heterocycles. The van der Waals surface area contributed by atoms with E-state index in [4.69, 9.17) is 16.3 Å². The molecule has 1 aromatic carbocycles. The molecule has 0 amide bonds. The second-order valence-electron chi connectivity index (χ2n) is 2.85. The van der Waals surface area contributed by atoms with Crippen molar-refractivity contribution in [2.75, 3.05) is 12.3 Å². The maximum absolute atomic E-state index is 11.2. The van der Waals surface area contributed by atoms with Crippen LogP contribution in [0.5, 0.6) is 5.75 Å². The van der Waals surface area contributed by atoms with Crippen LogP contribution in [0, 0.1) is 0 Å². The Bertz CT molecular complexity index is 383. The first-order chi connectivity index (χ1) is 6.57. The minimum absolute atomic E-state index is 0.0273. The summed E-state index contributed by atoms with van der Waals surface area (Å²) in [6.45, 7) is 0. The number of ether oxygens (including phenoxy) is 1. The molecule has 0 heterocycles.